The molecule has 2 heterocycles. The van der Waals surface area contributed by atoms with Crippen molar-refractivity contribution in [2.24, 2.45) is 0 Å². The Bertz CT molecular complexity index is 1110. The van der Waals surface area contributed by atoms with Crippen molar-refractivity contribution in [3.05, 3.63) is 66.4 Å². The summed E-state index contributed by atoms with van der Waals surface area (Å²) in [7, 11) is 0. The monoisotopic (exact) mass is 487 g/mol. The van der Waals surface area contributed by atoms with E-state index in [0.717, 1.165) is 11.8 Å². The molecule has 0 aliphatic rings. The molecule has 0 aliphatic carbocycles. The third-order valence-electron chi connectivity index (χ3n) is 4.13. The zero-order valence-corrected chi connectivity index (χ0v) is 17.4. The zero-order chi connectivity index (χ0) is 24.2. The topological polar surface area (TPSA) is 72.7 Å². The molecular formula is C20H15F6N5OS. The van der Waals surface area contributed by atoms with Gasteiger partial charge in [0.15, 0.2) is 11.0 Å². The summed E-state index contributed by atoms with van der Waals surface area (Å²) in [5, 5.41) is 10.4. The van der Waals surface area contributed by atoms with Crippen molar-refractivity contribution < 1.29 is 31.1 Å². The fourth-order valence-corrected chi connectivity index (χ4v) is 3.48. The van der Waals surface area contributed by atoms with Crippen LogP contribution in [0.3, 0.4) is 0 Å². The number of amides is 1. The molecule has 0 spiro atoms. The number of pyridine rings is 1. The van der Waals surface area contributed by atoms with E-state index >= 15 is 0 Å². The lowest BCUT2D eigenvalue weighted by molar-refractivity contribution is -0.143. The lowest BCUT2D eigenvalue weighted by Gasteiger charge is -2.14. The van der Waals surface area contributed by atoms with Gasteiger partial charge in [-0.25, -0.2) is 0 Å². The normalized spacial score (nSPS) is 11.9. The van der Waals surface area contributed by atoms with Gasteiger partial charge in [-0.05, 0) is 30.3 Å². The van der Waals surface area contributed by atoms with Gasteiger partial charge in [-0.15, -0.1) is 16.8 Å². The summed E-state index contributed by atoms with van der Waals surface area (Å²) in [6.45, 7) is 3.93. The maximum atomic E-state index is 13.0. The van der Waals surface area contributed by atoms with Crippen LogP contribution in [0, 0.1) is 0 Å². The number of anilines is 1. The van der Waals surface area contributed by atoms with E-state index in [2.05, 4.69) is 27.1 Å². The highest BCUT2D eigenvalue weighted by atomic mass is 32.2. The van der Waals surface area contributed by atoms with Crippen molar-refractivity contribution in [1.29, 1.82) is 0 Å². The van der Waals surface area contributed by atoms with Crippen molar-refractivity contribution >= 4 is 23.4 Å². The second kappa shape index (κ2) is 9.65. The van der Waals surface area contributed by atoms with Gasteiger partial charge in [0.2, 0.25) is 5.91 Å². The molecule has 1 amide bonds. The molecule has 0 saturated carbocycles. The van der Waals surface area contributed by atoms with Crippen molar-refractivity contribution in [1.82, 2.24) is 19.7 Å². The summed E-state index contributed by atoms with van der Waals surface area (Å²) in [4.78, 5) is 16.5. The Morgan fingerprint density at radius 3 is 2.27 bits per heavy atom. The van der Waals surface area contributed by atoms with E-state index in [4.69, 9.17) is 0 Å². The summed E-state index contributed by atoms with van der Waals surface area (Å²) in [6.07, 6.45) is -6.90. The molecule has 0 saturated heterocycles. The Morgan fingerprint density at radius 2 is 1.73 bits per heavy atom. The quantitative estimate of drug-likeness (QED) is 0.278. The van der Waals surface area contributed by atoms with E-state index in [-0.39, 0.29) is 18.4 Å². The van der Waals surface area contributed by atoms with Gasteiger partial charge in [0.1, 0.15) is 5.69 Å². The van der Waals surface area contributed by atoms with Crippen molar-refractivity contribution in [2.75, 3.05) is 11.1 Å². The minimum absolute atomic E-state index is 0.0126. The van der Waals surface area contributed by atoms with Crippen LogP contribution < -0.4 is 5.32 Å². The first-order valence-corrected chi connectivity index (χ1v) is 10.1. The number of nitrogens with zero attached hydrogens (tertiary/aromatic N) is 4. The maximum absolute atomic E-state index is 13.0. The molecule has 3 rings (SSSR count). The molecule has 0 atom stereocenters. The highest BCUT2D eigenvalue weighted by Gasteiger charge is 2.37. The summed E-state index contributed by atoms with van der Waals surface area (Å²) >= 11 is 0.907. The number of rotatable bonds is 7. The molecule has 0 bridgehead atoms. The molecule has 1 N–H and O–H groups in total. The van der Waals surface area contributed by atoms with Gasteiger partial charge < -0.3 is 5.32 Å². The van der Waals surface area contributed by atoms with Crippen LogP contribution in [0.1, 0.15) is 11.1 Å². The highest BCUT2D eigenvalue weighted by molar-refractivity contribution is 7.99. The molecule has 3 aromatic rings. The van der Waals surface area contributed by atoms with Crippen LogP contribution in [-0.4, -0.2) is 31.4 Å². The van der Waals surface area contributed by atoms with Gasteiger partial charge in [-0.2, -0.15) is 26.3 Å². The van der Waals surface area contributed by atoms with E-state index < -0.39 is 35.1 Å². The molecule has 0 fully saturated rings. The minimum atomic E-state index is -5.02. The molecule has 174 valence electrons. The Balaban J connectivity index is 1.77. The number of benzene rings is 1. The molecule has 13 heteroatoms. The lowest BCUT2D eigenvalue weighted by atomic mass is 10.1. The van der Waals surface area contributed by atoms with Gasteiger partial charge in [0.05, 0.1) is 16.9 Å². The molecule has 1 aromatic carbocycles. The first-order valence-electron chi connectivity index (χ1n) is 9.16. The van der Waals surface area contributed by atoms with Crippen LogP contribution in [0.25, 0.3) is 11.5 Å². The molecule has 6 nitrogen and oxygen atoms in total. The highest BCUT2D eigenvalue weighted by Crippen LogP contribution is 2.37. The van der Waals surface area contributed by atoms with Gasteiger partial charge in [0, 0.05) is 18.4 Å². The zero-order valence-electron chi connectivity index (χ0n) is 16.6. The number of alkyl halides is 6. The Morgan fingerprint density at radius 1 is 1.06 bits per heavy atom. The van der Waals surface area contributed by atoms with E-state index in [9.17, 15) is 31.1 Å². The SMILES string of the molecule is C=CCn1c(SCC(=O)Nc2cc(C(F)(F)F)cc(C(F)(F)F)c2)nnc1-c1ccccn1. The Labute approximate surface area is 187 Å². The first kappa shape index (κ1) is 24.3. The summed E-state index contributed by atoms with van der Waals surface area (Å²) in [5.74, 6) is -0.749. The standard InChI is InChI=1S/C20H15F6N5OS/c1-2-7-31-17(15-5-3-4-6-27-15)29-30-18(31)33-11-16(32)28-14-9-12(19(21,22)23)8-13(10-14)20(24,25)26/h2-6,8-10H,1,7,11H2,(H,28,32). The van der Waals surface area contributed by atoms with Gasteiger partial charge in [-0.3, -0.25) is 14.3 Å². The fraction of sp³-hybridized carbons (Fsp3) is 0.200. The van der Waals surface area contributed by atoms with Crippen molar-refractivity contribution in [3.8, 4) is 11.5 Å². The third-order valence-corrected chi connectivity index (χ3v) is 5.09. The lowest BCUT2D eigenvalue weighted by Crippen LogP contribution is -2.17. The van der Waals surface area contributed by atoms with Crippen LogP contribution in [0.15, 0.2) is 60.4 Å². The fourth-order valence-electron chi connectivity index (χ4n) is 2.73. The maximum Gasteiger partial charge on any atom is 0.416 e. The smallest absolute Gasteiger partial charge is 0.325 e. The second-order valence-corrected chi connectivity index (χ2v) is 7.49. The van der Waals surface area contributed by atoms with Crippen LogP contribution in [-0.2, 0) is 23.7 Å². The number of thioether (sulfide) groups is 1. The predicted molar refractivity (Wildman–Crippen MR) is 109 cm³/mol. The minimum Gasteiger partial charge on any atom is -0.325 e. The number of allylic oxidation sites excluding steroid dienone is 1. The number of carbonyl (C=O) groups excluding carboxylic acids is 1. The number of aromatic nitrogens is 4. The number of hydrogen-bond donors (Lipinski definition) is 1. The third kappa shape index (κ3) is 6.12. The summed E-state index contributed by atoms with van der Waals surface area (Å²) in [6, 6.07) is 6.04. The number of hydrogen-bond acceptors (Lipinski definition) is 5. The van der Waals surface area contributed by atoms with Crippen LogP contribution in [0.4, 0.5) is 32.0 Å². The van der Waals surface area contributed by atoms with Crippen molar-refractivity contribution in [3.63, 3.8) is 0 Å². The summed E-state index contributed by atoms with van der Waals surface area (Å²) < 4.78 is 79.5. The first-order chi connectivity index (χ1) is 15.5. The van der Waals surface area contributed by atoms with E-state index in [1.54, 1.807) is 35.0 Å². The number of nitrogens with one attached hydrogen (secondary N) is 1. The molecule has 0 radical (unpaired) electrons. The van der Waals surface area contributed by atoms with E-state index in [1.165, 1.54) is 0 Å². The largest absolute Gasteiger partial charge is 0.416 e. The van der Waals surface area contributed by atoms with Crippen LogP contribution in [0.2, 0.25) is 0 Å². The van der Waals surface area contributed by atoms with Gasteiger partial charge in [-0.1, -0.05) is 23.9 Å². The van der Waals surface area contributed by atoms with Gasteiger partial charge >= 0.3 is 12.4 Å². The molecule has 0 unspecified atom stereocenters. The van der Waals surface area contributed by atoms with Crippen LogP contribution in [0.5, 0.6) is 0 Å². The Kier molecular flexibility index (Phi) is 7.10. The van der Waals surface area contributed by atoms with Crippen molar-refractivity contribution in [2.45, 2.75) is 24.1 Å². The average molecular weight is 487 g/mol. The second-order valence-electron chi connectivity index (χ2n) is 6.55. The molecule has 2 aromatic heterocycles. The number of carbonyl (C=O) groups is 1. The molecule has 0 aliphatic heterocycles. The van der Waals surface area contributed by atoms with E-state index in [0.29, 0.717) is 28.8 Å². The Hall–Kier alpha value is -3.35. The predicted octanol–water partition coefficient (Wildman–Crippen LogP) is 5.29. The molecule has 33 heavy (non-hydrogen) atoms. The van der Waals surface area contributed by atoms with Crippen LogP contribution >= 0.6 is 11.8 Å². The average Bonchev–Trinajstić information content (AvgIpc) is 3.14. The number of halogens is 6. The summed E-state index contributed by atoms with van der Waals surface area (Å²) in [5.41, 5.74) is -3.15. The van der Waals surface area contributed by atoms with Gasteiger partial charge in [0.25, 0.3) is 0 Å². The van der Waals surface area contributed by atoms with E-state index in [1.807, 2.05) is 0 Å². The molecular weight excluding hydrogens is 472 g/mol.